The topological polar surface area (TPSA) is 96.6 Å². The molecule has 2 atom stereocenters. The fourth-order valence-corrected chi connectivity index (χ4v) is 6.30. The number of carbonyl (C=O) groups is 1. The zero-order valence-corrected chi connectivity index (χ0v) is 19.7. The number of hydrogen-bond acceptors (Lipinski definition) is 9. The summed E-state index contributed by atoms with van der Waals surface area (Å²) in [7, 11) is 0. The summed E-state index contributed by atoms with van der Waals surface area (Å²) < 4.78 is 61.2. The highest BCUT2D eigenvalue weighted by atomic mass is 32.2. The van der Waals surface area contributed by atoms with Crippen molar-refractivity contribution in [3.05, 3.63) is 22.6 Å². The summed E-state index contributed by atoms with van der Waals surface area (Å²) >= 11 is -0.623. The summed E-state index contributed by atoms with van der Waals surface area (Å²) in [5.74, 6) is 0.678. The first-order valence-electron chi connectivity index (χ1n) is 11.8. The Bertz CT molecular complexity index is 1160. The molecule has 0 N–H and O–H groups in total. The van der Waals surface area contributed by atoms with E-state index in [2.05, 4.69) is 10.1 Å². The Hall–Kier alpha value is -2.18. The third-order valence-corrected chi connectivity index (χ3v) is 8.10. The molecule has 12 heteroatoms. The average molecular weight is 512 g/mol. The lowest BCUT2D eigenvalue weighted by atomic mass is 9.64. The molecular weight excluding hydrogens is 487 g/mol. The Morgan fingerprint density at radius 1 is 0.971 bits per heavy atom. The van der Waals surface area contributed by atoms with Crippen molar-refractivity contribution in [3.8, 4) is 17.4 Å². The lowest BCUT2D eigenvalue weighted by Gasteiger charge is -2.36. The Morgan fingerprint density at radius 3 is 2.57 bits per heavy atom. The van der Waals surface area contributed by atoms with Crippen LogP contribution in [0.4, 0.5) is 13.2 Å². The zero-order chi connectivity index (χ0) is 24.3. The monoisotopic (exact) mass is 511 g/mol. The molecule has 6 rings (SSSR count). The molecule has 2 aromatic rings. The molecule has 0 unspecified atom stereocenters. The standard InChI is InChI=1S/C23H24F3N3O5S/c24-23(25,26)35-34-20-14-10-32-12-21(8-9-31-11-21)17(14)27-19(28-20)16-13-4-3-7-22(18(13)33-29-16)6-2-1-5-15(22)30/h1-12H2/t21-,22-/m1/s1. The van der Waals surface area contributed by atoms with Crippen LogP contribution in [-0.2, 0) is 38.1 Å². The summed E-state index contributed by atoms with van der Waals surface area (Å²) in [5, 5.41) is 4.27. The summed E-state index contributed by atoms with van der Waals surface area (Å²) in [6.07, 6.45) is 5.79. The molecule has 2 fully saturated rings. The minimum Gasteiger partial charge on any atom is -0.396 e. The number of aromatic nitrogens is 3. The molecular formula is C23H24F3N3O5S. The van der Waals surface area contributed by atoms with Crippen LogP contribution in [0.1, 0.15) is 67.5 Å². The predicted molar refractivity (Wildman–Crippen MR) is 117 cm³/mol. The van der Waals surface area contributed by atoms with E-state index < -0.39 is 28.4 Å². The van der Waals surface area contributed by atoms with Crippen LogP contribution in [0.3, 0.4) is 0 Å². The van der Waals surface area contributed by atoms with E-state index >= 15 is 0 Å². The number of hydrogen-bond donors (Lipinski definition) is 0. The average Bonchev–Trinajstić information content (AvgIpc) is 3.48. The van der Waals surface area contributed by atoms with E-state index in [4.69, 9.17) is 23.2 Å². The lowest BCUT2D eigenvalue weighted by molar-refractivity contribution is -0.128. The van der Waals surface area contributed by atoms with Gasteiger partial charge < -0.3 is 18.2 Å². The van der Waals surface area contributed by atoms with Gasteiger partial charge in [-0.25, -0.2) is 4.98 Å². The Balaban J connectivity index is 1.48. The van der Waals surface area contributed by atoms with Crippen molar-refractivity contribution < 1.29 is 36.1 Å². The van der Waals surface area contributed by atoms with Gasteiger partial charge in [-0.1, -0.05) is 11.6 Å². The highest BCUT2D eigenvalue weighted by Crippen LogP contribution is 2.48. The van der Waals surface area contributed by atoms with Crippen molar-refractivity contribution in [2.24, 2.45) is 0 Å². The van der Waals surface area contributed by atoms with Crippen LogP contribution in [-0.4, -0.2) is 46.2 Å². The third kappa shape index (κ3) is 3.84. The van der Waals surface area contributed by atoms with Gasteiger partial charge in [0.1, 0.15) is 5.78 Å². The normalized spacial score (nSPS) is 28.4. The molecule has 1 saturated carbocycles. The van der Waals surface area contributed by atoms with Crippen LogP contribution in [0.2, 0.25) is 0 Å². The first-order valence-corrected chi connectivity index (χ1v) is 12.6. The van der Waals surface area contributed by atoms with Crippen LogP contribution >= 0.6 is 12.0 Å². The van der Waals surface area contributed by atoms with Gasteiger partial charge >= 0.3 is 5.51 Å². The minimum atomic E-state index is -4.61. The number of ketones is 1. The molecule has 4 aliphatic rings. The maximum absolute atomic E-state index is 13.0. The number of ether oxygens (including phenoxy) is 2. The van der Waals surface area contributed by atoms with Crippen molar-refractivity contribution in [2.75, 3.05) is 19.8 Å². The third-order valence-electron chi connectivity index (χ3n) is 7.67. The first kappa shape index (κ1) is 23.2. The van der Waals surface area contributed by atoms with Gasteiger partial charge in [0, 0.05) is 18.6 Å². The molecule has 0 amide bonds. The number of halogens is 3. The first-order chi connectivity index (χ1) is 16.8. The van der Waals surface area contributed by atoms with E-state index in [0.717, 1.165) is 24.8 Å². The highest BCUT2D eigenvalue weighted by Gasteiger charge is 2.49. The van der Waals surface area contributed by atoms with Crippen LogP contribution < -0.4 is 4.18 Å². The summed E-state index contributed by atoms with van der Waals surface area (Å²) in [4.78, 5) is 22.2. The summed E-state index contributed by atoms with van der Waals surface area (Å²) in [5.41, 5.74) is -3.78. The molecule has 2 aliphatic carbocycles. The van der Waals surface area contributed by atoms with Gasteiger partial charge in [-0.05, 0) is 38.5 Å². The highest BCUT2D eigenvalue weighted by molar-refractivity contribution is 7.95. The van der Waals surface area contributed by atoms with E-state index in [-0.39, 0.29) is 24.1 Å². The second-order valence-electron chi connectivity index (χ2n) is 9.77. The van der Waals surface area contributed by atoms with Crippen molar-refractivity contribution >= 4 is 17.8 Å². The number of alkyl halides is 3. The van der Waals surface area contributed by atoms with Crippen LogP contribution in [0.5, 0.6) is 5.88 Å². The van der Waals surface area contributed by atoms with Crippen LogP contribution in [0.15, 0.2) is 4.52 Å². The second kappa shape index (κ2) is 8.45. The fraction of sp³-hybridized carbons (Fsp3) is 0.652. The van der Waals surface area contributed by atoms with Gasteiger partial charge in [0.25, 0.3) is 0 Å². The second-order valence-corrected chi connectivity index (χ2v) is 10.6. The molecule has 2 spiro atoms. The number of fused-ring (bicyclic) bond motifs is 4. The quantitative estimate of drug-likeness (QED) is 0.549. The predicted octanol–water partition coefficient (Wildman–Crippen LogP) is 4.58. The van der Waals surface area contributed by atoms with Crippen molar-refractivity contribution in [1.29, 1.82) is 0 Å². The van der Waals surface area contributed by atoms with Gasteiger partial charge in [-0.15, -0.1) is 0 Å². The zero-order valence-electron chi connectivity index (χ0n) is 18.9. The Kier molecular flexibility index (Phi) is 5.61. The molecule has 8 nitrogen and oxygen atoms in total. The number of Topliss-reactive ketones (excluding diaryl/α,β-unsaturated/α-hetero) is 1. The Morgan fingerprint density at radius 2 is 1.80 bits per heavy atom. The van der Waals surface area contributed by atoms with Crippen LogP contribution in [0, 0.1) is 0 Å². The molecule has 188 valence electrons. The summed E-state index contributed by atoms with van der Waals surface area (Å²) in [6.45, 7) is 1.23. The van der Waals surface area contributed by atoms with Crippen molar-refractivity contribution in [2.45, 2.75) is 74.3 Å². The summed E-state index contributed by atoms with van der Waals surface area (Å²) in [6, 6.07) is 0. The molecule has 35 heavy (non-hydrogen) atoms. The van der Waals surface area contributed by atoms with E-state index in [9.17, 15) is 18.0 Å². The van der Waals surface area contributed by atoms with Gasteiger partial charge in [-0.3, -0.25) is 4.79 Å². The molecule has 4 heterocycles. The molecule has 0 aromatic carbocycles. The fourth-order valence-electron chi connectivity index (χ4n) is 5.99. The number of rotatable bonds is 3. The smallest absolute Gasteiger partial charge is 0.396 e. The van der Waals surface area contributed by atoms with Crippen LogP contribution in [0.25, 0.3) is 11.5 Å². The van der Waals surface area contributed by atoms with Crippen molar-refractivity contribution in [1.82, 2.24) is 15.1 Å². The van der Waals surface area contributed by atoms with Gasteiger partial charge in [-0.2, -0.15) is 18.2 Å². The van der Waals surface area contributed by atoms with E-state index in [1.807, 2.05) is 0 Å². The molecule has 2 aromatic heterocycles. The number of nitrogens with zero attached hydrogens (tertiary/aromatic N) is 3. The molecule has 0 radical (unpaired) electrons. The SMILES string of the molecule is O=C1CCCC[C@@]12CCCc1c(-c3nc(OSC(F)(F)F)c4c(n3)[C@@]3(CCOC3)COC4)noc12. The van der Waals surface area contributed by atoms with E-state index in [0.29, 0.717) is 74.6 Å². The maximum atomic E-state index is 13.0. The maximum Gasteiger partial charge on any atom is 0.479 e. The minimum absolute atomic E-state index is 0.0413. The van der Waals surface area contributed by atoms with Gasteiger partial charge in [0.15, 0.2) is 29.3 Å². The molecule has 0 bridgehead atoms. The Labute approximate surface area is 203 Å². The molecule has 2 aliphatic heterocycles. The van der Waals surface area contributed by atoms with E-state index in [1.165, 1.54) is 0 Å². The van der Waals surface area contributed by atoms with Crippen molar-refractivity contribution in [3.63, 3.8) is 0 Å². The van der Waals surface area contributed by atoms with Gasteiger partial charge in [0.2, 0.25) is 5.88 Å². The largest absolute Gasteiger partial charge is 0.479 e. The molecule has 1 saturated heterocycles. The van der Waals surface area contributed by atoms with E-state index in [1.54, 1.807) is 0 Å². The van der Waals surface area contributed by atoms with Gasteiger partial charge in [0.05, 0.1) is 41.9 Å². The lowest BCUT2D eigenvalue weighted by Crippen LogP contribution is -2.41. The number of carbonyl (C=O) groups excluding carboxylic acids is 1.